The predicted molar refractivity (Wildman–Crippen MR) is 65.7 cm³/mol. The Hall–Kier alpha value is -2.69. The summed E-state index contributed by atoms with van der Waals surface area (Å²) in [5, 5.41) is 26.0. The van der Waals surface area contributed by atoms with Crippen LogP contribution in [0.1, 0.15) is 10.4 Å². The molecule has 18 heavy (non-hydrogen) atoms. The number of benzene rings is 2. The van der Waals surface area contributed by atoms with Crippen molar-refractivity contribution in [3.8, 4) is 5.75 Å². The second-order valence-electron chi connectivity index (χ2n) is 3.54. The Morgan fingerprint density at radius 2 is 1.72 bits per heavy atom. The highest BCUT2D eigenvalue weighted by Gasteiger charge is 2.10. The molecule has 0 saturated heterocycles. The maximum Gasteiger partial charge on any atom is 0.338 e. The molecule has 2 N–H and O–H groups in total. The number of phenolic OH excluding ortho intramolecular Hbond substituents is 1. The topological polar surface area (TPSA) is 82.2 Å². The summed E-state index contributed by atoms with van der Waals surface area (Å²) in [6, 6.07) is 12.9. The highest BCUT2D eigenvalue weighted by atomic mass is 16.4. The van der Waals surface area contributed by atoms with Crippen molar-refractivity contribution in [1.29, 1.82) is 0 Å². The fourth-order valence-corrected chi connectivity index (χ4v) is 1.39. The van der Waals surface area contributed by atoms with E-state index in [0.717, 1.165) is 6.07 Å². The number of hydrogen-bond donors (Lipinski definition) is 2. The summed E-state index contributed by atoms with van der Waals surface area (Å²) >= 11 is 0. The molecular weight excluding hydrogens is 232 g/mol. The van der Waals surface area contributed by atoms with Gasteiger partial charge in [-0.2, -0.15) is 5.11 Å². The summed E-state index contributed by atoms with van der Waals surface area (Å²) in [6.45, 7) is 0. The monoisotopic (exact) mass is 242 g/mol. The van der Waals surface area contributed by atoms with Gasteiger partial charge in [-0.1, -0.05) is 18.2 Å². The first-order valence-corrected chi connectivity index (χ1v) is 5.20. The van der Waals surface area contributed by atoms with Gasteiger partial charge in [0, 0.05) is 0 Å². The molecule has 0 bridgehead atoms. The van der Waals surface area contributed by atoms with Gasteiger partial charge in [0.2, 0.25) is 0 Å². The van der Waals surface area contributed by atoms with Crippen molar-refractivity contribution in [1.82, 2.24) is 0 Å². The van der Waals surface area contributed by atoms with E-state index in [1.165, 1.54) is 12.1 Å². The molecule has 0 radical (unpaired) electrons. The molecule has 0 atom stereocenters. The Labute approximate surface area is 103 Å². The molecule has 0 aromatic heterocycles. The summed E-state index contributed by atoms with van der Waals surface area (Å²) in [6.07, 6.45) is 0. The van der Waals surface area contributed by atoms with Gasteiger partial charge in [0.05, 0.1) is 11.3 Å². The molecule has 5 heteroatoms. The number of aromatic carboxylic acids is 1. The van der Waals surface area contributed by atoms with E-state index in [4.69, 9.17) is 5.11 Å². The summed E-state index contributed by atoms with van der Waals surface area (Å²) < 4.78 is 0. The fourth-order valence-electron chi connectivity index (χ4n) is 1.39. The molecule has 0 unspecified atom stereocenters. The van der Waals surface area contributed by atoms with E-state index < -0.39 is 5.97 Å². The predicted octanol–water partition coefficient (Wildman–Crippen LogP) is 3.51. The number of carboxylic acids is 1. The van der Waals surface area contributed by atoms with Crippen LogP contribution in [0.2, 0.25) is 0 Å². The van der Waals surface area contributed by atoms with Crippen molar-refractivity contribution in [2.75, 3.05) is 0 Å². The highest BCUT2D eigenvalue weighted by Crippen LogP contribution is 2.25. The molecule has 2 aromatic rings. The molecule has 90 valence electrons. The number of carboxylic acid groups (broad SMARTS) is 1. The molecule has 0 aliphatic heterocycles. The van der Waals surface area contributed by atoms with Crippen LogP contribution in [0.15, 0.2) is 58.8 Å². The highest BCUT2D eigenvalue weighted by molar-refractivity contribution is 5.93. The van der Waals surface area contributed by atoms with E-state index >= 15 is 0 Å². The number of aromatic hydroxyl groups is 1. The third-order valence-electron chi connectivity index (χ3n) is 2.24. The van der Waals surface area contributed by atoms with Crippen LogP contribution < -0.4 is 0 Å². The Balaban J connectivity index is 2.35. The number of rotatable bonds is 3. The second-order valence-corrected chi connectivity index (χ2v) is 3.54. The molecule has 5 nitrogen and oxygen atoms in total. The normalized spacial score (nSPS) is 10.7. The van der Waals surface area contributed by atoms with Gasteiger partial charge in [0.25, 0.3) is 0 Å². The molecular formula is C13H10N2O3. The van der Waals surface area contributed by atoms with Crippen LogP contribution in [0.5, 0.6) is 5.75 Å². The standard InChI is InChI=1S/C13H10N2O3/c16-10-6-7-12(11(8-10)13(17)18)15-14-9-4-2-1-3-5-9/h1-8,16H,(H,17,18). The molecule has 2 rings (SSSR count). The van der Waals surface area contributed by atoms with E-state index in [1.807, 2.05) is 18.2 Å². The maximum absolute atomic E-state index is 11.0. The van der Waals surface area contributed by atoms with Crippen molar-refractivity contribution in [3.05, 3.63) is 54.1 Å². The number of phenols is 1. The van der Waals surface area contributed by atoms with Gasteiger partial charge < -0.3 is 10.2 Å². The third kappa shape index (κ3) is 2.70. The number of hydrogen-bond acceptors (Lipinski definition) is 4. The average molecular weight is 242 g/mol. The summed E-state index contributed by atoms with van der Waals surface area (Å²) in [7, 11) is 0. The minimum atomic E-state index is -1.16. The lowest BCUT2D eigenvalue weighted by Crippen LogP contribution is -1.95. The lowest BCUT2D eigenvalue weighted by molar-refractivity contribution is 0.0697. The fraction of sp³-hybridized carbons (Fsp3) is 0. The van der Waals surface area contributed by atoms with Crippen molar-refractivity contribution in [2.45, 2.75) is 0 Å². The maximum atomic E-state index is 11.0. The van der Waals surface area contributed by atoms with Crippen molar-refractivity contribution < 1.29 is 15.0 Å². The van der Waals surface area contributed by atoms with E-state index in [1.54, 1.807) is 12.1 Å². The first-order valence-electron chi connectivity index (χ1n) is 5.20. The van der Waals surface area contributed by atoms with Crippen LogP contribution in [0.25, 0.3) is 0 Å². The summed E-state index contributed by atoms with van der Waals surface area (Å²) in [5.41, 5.74) is 0.737. The Morgan fingerprint density at radius 3 is 2.39 bits per heavy atom. The van der Waals surface area contributed by atoms with Crippen LogP contribution in [-0.2, 0) is 0 Å². The van der Waals surface area contributed by atoms with E-state index in [-0.39, 0.29) is 17.0 Å². The van der Waals surface area contributed by atoms with Gasteiger partial charge in [-0.15, -0.1) is 5.11 Å². The molecule has 0 aliphatic rings. The molecule has 0 aliphatic carbocycles. The zero-order chi connectivity index (χ0) is 13.0. The van der Waals surface area contributed by atoms with Crippen molar-refractivity contribution in [2.24, 2.45) is 10.2 Å². The number of carbonyl (C=O) groups is 1. The minimum Gasteiger partial charge on any atom is -0.508 e. The molecule has 0 fully saturated rings. The van der Waals surface area contributed by atoms with Crippen molar-refractivity contribution >= 4 is 17.3 Å². The van der Waals surface area contributed by atoms with Crippen LogP contribution in [0.4, 0.5) is 11.4 Å². The molecule has 0 saturated carbocycles. The zero-order valence-electron chi connectivity index (χ0n) is 9.32. The van der Waals surface area contributed by atoms with Gasteiger partial charge in [0.15, 0.2) is 0 Å². The molecule has 2 aromatic carbocycles. The van der Waals surface area contributed by atoms with Gasteiger partial charge in [0.1, 0.15) is 11.4 Å². The number of nitrogens with zero attached hydrogens (tertiary/aromatic N) is 2. The first kappa shape index (κ1) is 11.8. The average Bonchev–Trinajstić information content (AvgIpc) is 2.38. The number of azo groups is 1. The van der Waals surface area contributed by atoms with Crippen LogP contribution in [0.3, 0.4) is 0 Å². The zero-order valence-corrected chi connectivity index (χ0v) is 9.32. The second kappa shape index (κ2) is 5.09. The van der Waals surface area contributed by atoms with E-state index in [2.05, 4.69) is 10.2 Å². The SMILES string of the molecule is O=C(O)c1cc(O)ccc1N=Nc1ccccc1. The van der Waals surface area contributed by atoms with Crippen molar-refractivity contribution in [3.63, 3.8) is 0 Å². The molecule has 0 amide bonds. The van der Waals surface area contributed by atoms with Crippen LogP contribution >= 0.6 is 0 Å². The minimum absolute atomic E-state index is 0.0883. The Morgan fingerprint density at radius 1 is 1.00 bits per heavy atom. The smallest absolute Gasteiger partial charge is 0.338 e. The van der Waals surface area contributed by atoms with E-state index in [0.29, 0.717) is 5.69 Å². The van der Waals surface area contributed by atoms with Gasteiger partial charge in [-0.05, 0) is 30.3 Å². The van der Waals surface area contributed by atoms with Crippen LogP contribution in [0, 0.1) is 0 Å². The Kier molecular flexibility index (Phi) is 3.33. The van der Waals surface area contributed by atoms with Crippen LogP contribution in [-0.4, -0.2) is 16.2 Å². The van der Waals surface area contributed by atoms with Gasteiger partial charge in [-0.3, -0.25) is 0 Å². The molecule has 0 heterocycles. The summed E-state index contributed by atoms with van der Waals surface area (Å²) in [4.78, 5) is 11.0. The van der Waals surface area contributed by atoms with E-state index in [9.17, 15) is 9.90 Å². The van der Waals surface area contributed by atoms with Gasteiger partial charge in [-0.25, -0.2) is 4.79 Å². The lowest BCUT2D eigenvalue weighted by atomic mass is 10.2. The lowest BCUT2D eigenvalue weighted by Gasteiger charge is -2.00. The van der Waals surface area contributed by atoms with Gasteiger partial charge >= 0.3 is 5.97 Å². The Bertz CT molecular complexity index is 594. The third-order valence-corrected chi connectivity index (χ3v) is 2.24. The summed E-state index contributed by atoms with van der Waals surface area (Å²) in [5.74, 6) is -1.28. The largest absolute Gasteiger partial charge is 0.508 e. The quantitative estimate of drug-likeness (QED) is 0.808. The molecule has 0 spiro atoms. The first-order chi connectivity index (χ1) is 8.66.